The van der Waals surface area contributed by atoms with Gasteiger partial charge < -0.3 is 15.3 Å². The molecule has 100 valence electrons. The lowest BCUT2D eigenvalue weighted by molar-refractivity contribution is 0.0312. The Bertz CT molecular complexity index is 713. The number of hydrogen-bond acceptors (Lipinski definition) is 5. The minimum atomic E-state index is -2.49. The molecule has 0 saturated carbocycles. The number of aromatic hydroxyl groups is 2. The Balaban J connectivity index is 2.27. The van der Waals surface area contributed by atoms with Crippen molar-refractivity contribution in [3.63, 3.8) is 0 Å². The molecule has 3 N–H and O–H groups in total. The van der Waals surface area contributed by atoms with E-state index in [9.17, 15) is 24.9 Å². The number of phenolic OH excluding ortho intramolecular Hbond substituents is 2. The second-order valence-corrected chi connectivity index (χ2v) is 4.62. The van der Waals surface area contributed by atoms with Crippen molar-refractivity contribution in [1.29, 1.82) is 0 Å². The van der Waals surface area contributed by atoms with Gasteiger partial charge in [0, 0.05) is 16.7 Å². The molecular formula is C15H10O5. The Morgan fingerprint density at radius 2 is 1.40 bits per heavy atom. The van der Waals surface area contributed by atoms with E-state index in [0.717, 1.165) is 12.1 Å². The number of fused-ring (bicyclic) bond motifs is 1. The van der Waals surface area contributed by atoms with Gasteiger partial charge in [0.15, 0.2) is 0 Å². The van der Waals surface area contributed by atoms with Crippen LogP contribution in [0.25, 0.3) is 0 Å². The number of benzene rings is 2. The molecule has 0 fully saturated rings. The maximum Gasteiger partial charge on any atom is 0.220 e. The average molecular weight is 270 g/mol. The van der Waals surface area contributed by atoms with E-state index in [-0.39, 0.29) is 22.4 Å². The van der Waals surface area contributed by atoms with Crippen molar-refractivity contribution in [2.24, 2.45) is 0 Å². The number of Topliss-reactive ketones (excluding diaryl/α,β-unsaturated/α-hetero) is 2. The Morgan fingerprint density at radius 1 is 0.850 bits per heavy atom. The molecule has 0 aromatic heterocycles. The van der Waals surface area contributed by atoms with Crippen LogP contribution in [0.2, 0.25) is 0 Å². The van der Waals surface area contributed by atoms with Crippen LogP contribution in [0, 0.1) is 0 Å². The van der Waals surface area contributed by atoms with Crippen molar-refractivity contribution in [2.45, 2.75) is 5.60 Å². The van der Waals surface area contributed by atoms with Gasteiger partial charge in [-0.3, -0.25) is 9.59 Å². The third kappa shape index (κ3) is 1.41. The SMILES string of the molecule is O=C1c2ccccc2C(=O)C1(O)c1cc(O)ccc1O. The predicted molar refractivity (Wildman–Crippen MR) is 68.8 cm³/mol. The van der Waals surface area contributed by atoms with E-state index in [2.05, 4.69) is 0 Å². The highest BCUT2D eigenvalue weighted by atomic mass is 16.3. The second kappa shape index (κ2) is 3.91. The summed E-state index contributed by atoms with van der Waals surface area (Å²) in [5.41, 5.74) is -2.61. The molecule has 1 aliphatic rings. The minimum absolute atomic E-state index is 0.0998. The summed E-state index contributed by atoms with van der Waals surface area (Å²) in [6.07, 6.45) is 0. The van der Waals surface area contributed by atoms with Crippen LogP contribution < -0.4 is 0 Å². The summed E-state index contributed by atoms with van der Waals surface area (Å²) >= 11 is 0. The monoisotopic (exact) mass is 270 g/mol. The van der Waals surface area contributed by atoms with E-state index < -0.39 is 22.9 Å². The fourth-order valence-electron chi connectivity index (χ4n) is 2.43. The first-order valence-electron chi connectivity index (χ1n) is 5.89. The van der Waals surface area contributed by atoms with Crippen molar-refractivity contribution in [3.8, 4) is 11.5 Å². The normalized spacial score (nSPS) is 16.2. The van der Waals surface area contributed by atoms with E-state index in [1.165, 1.54) is 18.2 Å². The summed E-state index contributed by atoms with van der Waals surface area (Å²) in [7, 11) is 0. The van der Waals surface area contributed by atoms with E-state index in [0.29, 0.717) is 0 Å². The number of aliphatic hydroxyl groups is 1. The Morgan fingerprint density at radius 3 is 1.95 bits per heavy atom. The zero-order valence-corrected chi connectivity index (χ0v) is 10.2. The van der Waals surface area contributed by atoms with Gasteiger partial charge in [0.1, 0.15) is 11.5 Å². The zero-order chi connectivity index (χ0) is 14.5. The summed E-state index contributed by atoms with van der Waals surface area (Å²) in [6.45, 7) is 0. The van der Waals surface area contributed by atoms with Gasteiger partial charge in [0.2, 0.25) is 17.2 Å². The maximum atomic E-state index is 12.3. The molecule has 0 bridgehead atoms. The van der Waals surface area contributed by atoms with Crippen LogP contribution in [0.5, 0.6) is 11.5 Å². The highest BCUT2D eigenvalue weighted by molar-refractivity contribution is 6.32. The standard InChI is InChI=1S/C15H10O5/c16-8-5-6-12(17)11(7-8)15(20)13(18)9-3-1-2-4-10(9)14(15)19/h1-7,16-17,20H. The van der Waals surface area contributed by atoms with Gasteiger partial charge in [0.05, 0.1) is 0 Å². The number of ketones is 2. The lowest BCUT2D eigenvalue weighted by atomic mass is 9.88. The predicted octanol–water partition coefficient (Wildman–Crippen LogP) is 1.36. The molecule has 0 saturated heterocycles. The molecule has 0 aliphatic heterocycles. The first-order valence-corrected chi connectivity index (χ1v) is 5.89. The molecular weight excluding hydrogens is 260 g/mol. The zero-order valence-electron chi connectivity index (χ0n) is 10.2. The van der Waals surface area contributed by atoms with E-state index in [1.54, 1.807) is 12.1 Å². The summed E-state index contributed by atoms with van der Waals surface area (Å²) in [5.74, 6) is -2.31. The van der Waals surface area contributed by atoms with Gasteiger partial charge in [-0.15, -0.1) is 0 Å². The topological polar surface area (TPSA) is 94.8 Å². The largest absolute Gasteiger partial charge is 0.508 e. The van der Waals surface area contributed by atoms with Gasteiger partial charge in [-0.2, -0.15) is 0 Å². The van der Waals surface area contributed by atoms with Gasteiger partial charge in [-0.1, -0.05) is 24.3 Å². The quantitative estimate of drug-likeness (QED) is 0.537. The molecule has 0 spiro atoms. The van der Waals surface area contributed by atoms with Crippen LogP contribution in [-0.4, -0.2) is 26.9 Å². The molecule has 0 amide bonds. The molecule has 5 heteroatoms. The number of hydrogen-bond donors (Lipinski definition) is 3. The molecule has 2 aromatic carbocycles. The van der Waals surface area contributed by atoms with Crippen LogP contribution in [0.1, 0.15) is 26.3 Å². The Hall–Kier alpha value is -2.66. The van der Waals surface area contributed by atoms with Crippen LogP contribution in [0.3, 0.4) is 0 Å². The lowest BCUT2D eigenvalue weighted by Gasteiger charge is -2.20. The molecule has 20 heavy (non-hydrogen) atoms. The third-order valence-electron chi connectivity index (χ3n) is 3.44. The van der Waals surface area contributed by atoms with Crippen LogP contribution >= 0.6 is 0 Å². The van der Waals surface area contributed by atoms with Crippen LogP contribution in [0.15, 0.2) is 42.5 Å². The first-order chi connectivity index (χ1) is 9.46. The highest BCUT2D eigenvalue weighted by Gasteiger charge is 2.54. The van der Waals surface area contributed by atoms with Crippen molar-refractivity contribution in [2.75, 3.05) is 0 Å². The smallest absolute Gasteiger partial charge is 0.220 e. The molecule has 3 rings (SSSR count). The van der Waals surface area contributed by atoms with Crippen molar-refractivity contribution < 1.29 is 24.9 Å². The average Bonchev–Trinajstić information content (AvgIpc) is 2.65. The Labute approximate surface area is 113 Å². The van der Waals surface area contributed by atoms with E-state index >= 15 is 0 Å². The van der Waals surface area contributed by atoms with Gasteiger partial charge in [-0.25, -0.2) is 0 Å². The highest BCUT2D eigenvalue weighted by Crippen LogP contribution is 2.42. The fourth-order valence-corrected chi connectivity index (χ4v) is 2.43. The maximum absolute atomic E-state index is 12.3. The third-order valence-corrected chi connectivity index (χ3v) is 3.44. The molecule has 0 heterocycles. The van der Waals surface area contributed by atoms with E-state index in [1.807, 2.05) is 0 Å². The Kier molecular flexibility index (Phi) is 2.42. The number of rotatable bonds is 1. The van der Waals surface area contributed by atoms with Crippen LogP contribution in [-0.2, 0) is 5.60 Å². The lowest BCUT2D eigenvalue weighted by Crippen LogP contribution is -2.38. The van der Waals surface area contributed by atoms with E-state index in [4.69, 9.17) is 0 Å². The molecule has 1 aliphatic carbocycles. The molecule has 0 atom stereocenters. The summed E-state index contributed by atoms with van der Waals surface area (Å²) in [6, 6.07) is 9.36. The van der Waals surface area contributed by atoms with Crippen molar-refractivity contribution >= 4 is 11.6 Å². The number of carbonyl (C=O) groups excluding carboxylic acids is 2. The van der Waals surface area contributed by atoms with Gasteiger partial charge in [0.25, 0.3) is 0 Å². The summed E-state index contributed by atoms with van der Waals surface area (Å²) < 4.78 is 0. The minimum Gasteiger partial charge on any atom is -0.508 e. The fraction of sp³-hybridized carbons (Fsp3) is 0.0667. The molecule has 0 radical (unpaired) electrons. The van der Waals surface area contributed by atoms with Crippen molar-refractivity contribution in [3.05, 3.63) is 59.2 Å². The molecule has 2 aromatic rings. The number of phenols is 2. The van der Waals surface area contributed by atoms with Crippen LogP contribution in [0.4, 0.5) is 0 Å². The summed E-state index contributed by atoms with van der Waals surface area (Å²) in [4.78, 5) is 24.7. The van der Waals surface area contributed by atoms with Gasteiger partial charge in [-0.05, 0) is 18.2 Å². The number of carbonyl (C=O) groups is 2. The van der Waals surface area contributed by atoms with Gasteiger partial charge >= 0.3 is 0 Å². The second-order valence-electron chi connectivity index (χ2n) is 4.62. The summed E-state index contributed by atoms with van der Waals surface area (Å²) in [5, 5.41) is 29.8. The molecule has 0 unspecified atom stereocenters. The van der Waals surface area contributed by atoms with Crippen molar-refractivity contribution in [1.82, 2.24) is 0 Å². The molecule has 5 nitrogen and oxygen atoms in total. The first kappa shape index (κ1) is 12.4.